The van der Waals surface area contributed by atoms with E-state index in [0.29, 0.717) is 0 Å². The summed E-state index contributed by atoms with van der Waals surface area (Å²) in [5.41, 5.74) is 0. The Morgan fingerprint density at radius 1 is 1.29 bits per heavy atom. The number of benzene rings is 1. The summed E-state index contributed by atoms with van der Waals surface area (Å²) < 4.78 is 43.4. The average molecular weight is 236 g/mol. The van der Waals surface area contributed by atoms with E-state index in [9.17, 15) is 16.8 Å². The quantitative estimate of drug-likeness (QED) is 0.347. The topological polar surface area (TPSA) is 106 Å². The van der Waals surface area contributed by atoms with Gasteiger partial charge >= 0.3 is 0 Å². The fourth-order valence-corrected chi connectivity index (χ4v) is 2.05. The monoisotopic (exact) mass is 236 g/mol. The van der Waals surface area contributed by atoms with Crippen molar-refractivity contribution in [3.8, 4) is 0 Å². The van der Waals surface area contributed by atoms with E-state index in [0.717, 1.165) is 6.07 Å². The van der Waals surface area contributed by atoms with E-state index >= 15 is 0 Å². The van der Waals surface area contributed by atoms with Crippen LogP contribution in [0.5, 0.6) is 0 Å². The molecule has 0 atom stereocenters. The van der Waals surface area contributed by atoms with Gasteiger partial charge in [-0.2, -0.15) is 4.83 Å². The zero-order chi connectivity index (χ0) is 10.8. The molecule has 0 aliphatic rings. The molecule has 14 heavy (non-hydrogen) atoms. The molecule has 0 spiro atoms. The van der Waals surface area contributed by atoms with Crippen molar-refractivity contribution in [3.05, 3.63) is 24.3 Å². The van der Waals surface area contributed by atoms with E-state index in [4.69, 9.17) is 5.84 Å². The molecule has 0 saturated carbocycles. The molecule has 78 valence electrons. The van der Waals surface area contributed by atoms with Crippen LogP contribution in [-0.4, -0.2) is 16.8 Å². The van der Waals surface area contributed by atoms with Gasteiger partial charge in [-0.1, -0.05) is 6.07 Å². The van der Waals surface area contributed by atoms with Gasteiger partial charge in [0.25, 0.3) is 10.0 Å². The summed E-state index contributed by atoms with van der Waals surface area (Å²) in [5, 5.41) is 0. The van der Waals surface area contributed by atoms with Gasteiger partial charge in [0, 0.05) is 0 Å². The molecule has 8 heteroatoms. The summed E-state index contributed by atoms with van der Waals surface area (Å²) >= 11 is 0. The Balaban J connectivity index is 3.33. The number of hydrogen-bond acceptors (Lipinski definition) is 5. The van der Waals surface area contributed by atoms with Crippen molar-refractivity contribution in [1.29, 1.82) is 0 Å². The Labute approximate surface area is 82.7 Å². The Bertz CT molecular complexity index is 498. The second-order valence-electron chi connectivity index (χ2n) is 2.38. The number of hydrazine groups is 1. The van der Waals surface area contributed by atoms with E-state index in [1.54, 1.807) is 4.83 Å². The van der Waals surface area contributed by atoms with Crippen molar-refractivity contribution >= 4 is 20.7 Å². The maximum absolute atomic E-state index is 11.1. The second-order valence-corrected chi connectivity index (χ2v) is 5.12. The Morgan fingerprint density at radius 2 is 1.93 bits per heavy atom. The van der Waals surface area contributed by atoms with Gasteiger partial charge in [-0.25, -0.2) is 16.8 Å². The van der Waals surface area contributed by atoms with Crippen LogP contribution in [0.25, 0.3) is 0 Å². The summed E-state index contributed by atoms with van der Waals surface area (Å²) in [4.78, 5) is 1.34. The van der Waals surface area contributed by atoms with Crippen molar-refractivity contribution in [2.75, 3.05) is 0 Å². The first-order valence-electron chi connectivity index (χ1n) is 3.44. The molecule has 1 aromatic carbocycles. The minimum atomic E-state index is -3.79. The second kappa shape index (κ2) is 4.05. The summed E-state index contributed by atoms with van der Waals surface area (Å²) in [7, 11) is -6.59. The standard InChI is InChI=1S/C6H8N2O4S2/c7-8-14(11,12)6-3-1-2-5(4-6)13(9)10/h1-4,8,13H,7H2. The Kier molecular flexibility index (Phi) is 3.21. The zero-order valence-electron chi connectivity index (χ0n) is 6.88. The lowest BCUT2D eigenvalue weighted by Gasteiger charge is -2.01. The van der Waals surface area contributed by atoms with E-state index in [1.165, 1.54) is 18.2 Å². The molecule has 0 amide bonds. The van der Waals surface area contributed by atoms with Crippen LogP contribution in [-0.2, 0) is 20.7 Å². The summed E-state index contributed by atoms with van der Waals surface area (Å²) in [6, 6.07) is 4.89. The molecule has 1 aromatic rings. The summed E-state index contributed by atoms with van der Waals surface area (Å²) in [6.45, 7) is 0. The minimum Gasteiger partial charge on any atom is -0.257 e. The third kappa shape index (κ3) is 2.29. The Morgan fingerprint density at radius 3 is 2.43 bits per heavy atom. The molecular formula is C6H8N2O4S2. The molecule has 0 aliphatic carbocycles. The van der Waals surface area contributed by atoms with E-state index in [2.05, 4.69) is 0 Å². The van der Waals surface area contributed by atoms with Crippen molar-refractivity contribution in [1.82, 2.24) is 4.83 Å². The highest BCUT2D eigenvalue weighted by Crippen LogP contribution is 2.11. The first kappa shape index (κ1) is 11.1. The molecule has 0 saturated heterocycles. The molecule has 0 fully saturated rings. The molecule has 0 heterocycles. The lowest BCUT2D eigenvalue weighted by Crippen LogP contribution is -2.30. The predicted molar refractivity (Wildman–Crippen MR) is 49.5 cm³/mol. The lowest BCUT2D eigenvalue weighted by atomic mass is 10.4. The zero-order valence-corrected chi connectivity index (χ0v) is 8.59. The van der Waals surface area contributed by atoms with Crippen LogP contribution in [0.3, 0.4) is 0 Å². The van der Waals surface area contributed by atoms with Crippen LogP contribution in [0, 0.1) is 0 Å². The minimum absolute atomic E-state index is 0.0728. The van der Waals surface area contributed by atoms with Crippen LogP contribution >= 0.6 is 0 Å². The van der Waals surface area contributed by atoms with Gasteiger partial charge in [0.05, 0.1) is 9.79 Å². The van der Waals surface area contributed by atoms with Crippen molar-refractivity contribution < 1.29 is 16.8 Å². The maximum Gasteiger partial charge on any atom is 0.253 e. The molecular weight excluding hydrogens is 228 g/mol. The van der Waals surface area contributed by atoms with Gasteiger partial charge in [0.2, 0.25) is 0 Å². The molecule has 0 radical (unpaired) electrons. The number of thiol groups is 1. The van der Waals surface area contributed by atoms with Gasteiger partial charge in [-0.3, -0.25) is 5.84 Å². The van der Waals surface area contributed by atoms with Crippen molar-refractivity contribution in [2.24, 2.45) is 5.84 Å². The van der Waals surface area contributed by atoms with Gasteiger partial charge in [-0.05, 0) is 18.2 Å². The van der Waals surface area contributed by atoms with Crippen LogP contribution in [0.15, 0.2) is 34.1 Å². The predicted octanol–water partition coefficient (Wildman–Crippen LogP) is -1.19. The molecule has 0 unspecified atom stereocenters. The van der Waals surface area contributed by atoms with E-state index < -0.39 is 20.7 Å². The fraction of sp³-hybridized carbons (Fsp3) is 0. The van der Waals surface area contributed by atoms with Gasteiger partial charge < -0.3 is 0 Å². The smallest absolute Gasteiger partial charge is 0.253 e. The molecule has 0 aliphatic heterocycles. The highest BCUT2D eigenvalue weighted by molar-refractivity contribution is 7.89. The number of nitrogens with two attached hydrogens (primary N) is 1. The lowest BCUT2D eigenvalue weighted by molar-refractivity contribution is 0.584. The normalized spacial score (nSPS) is 11.9. The van der Waals surface area contributed by atoms with Crippen LogP contribution in [0.2, 0.25) is 0 Å². The van der Waals surface area contributed by atoms with E-state index in [-0.39, 0.29) is 9.79 Å². The molecule has 6 nitrogen and oxygen atoms in total. The van der Waals surface area contributed by atoms with Crippen LogP contribution in [0.1, 0.15) is 0 Å². The first-order chi connectivity index (χ1) is 6.47. The maximum atomic E-state index is 11.1. The number of rotatable bonds is 3. The summed E-state index contributed by atoms with van der Waals surface area (Å²) in [5.74, 6) is 4.78. The highest BCUT2D eigenvalue weighted by atomic mass is 32.2. The number of sulfonamides is 1. The number of hydrogen-bond donors (Lipinski definition) is 3. The van der Waals surface area contributed by atoms with Crippen molar-refractivity contribution in [3.63, 3.8) is 0 Å². The molecule has 0 aromatic heterocycles. The highest BCUT2D eigenvalue weighted by Gasteiger charge is 2.12. The van der Waals surface area contributed by atoms with Crippen LogP contribution in [0.4, 0.5) is 0 Å². The fourth-order valence-electron chi connectivity index (χ4n) is 0.832. The van der Waals surface area contributed by atoms with Gasteiger partial charge in [0.15, 0.2) is 10.7 Å². The number of nitrogens with one attached hydrogen (secondary N) is 1. The third-order valence-corrected chi connectivity index (χ3v) is 3.38. The summed E-state index contributed by atoms with van der Waals surface area (Å²) in [6.07, 6.45) is 0. The first-order valence-corrected chi connectivity index (χ1v) is 6.10. The van der Waals surface area contributed by atoms with Gasteiger partial charge in [-0.15, -0.1) is 0 Å². The molecule has 3 N–H and O–H groups in total. The third-order valence-electron chi connectivity index (χ3n) is 1.49. The molecule has 1 rings (SSSR count). The van der Waals surface area contributed by atoms with Gasteiger partial charge in [0.1, 0.15) is 0 Å². The largest absolute Gasteiger partial charge is 0.257 e. The SMILES string of the molecule is NNS(=O)(=O)c1cccc([SH](=O)=O)c1. The van der Waals surface area contributed by atoms with Crippen LogP contribution < -0.4 is 10.7 Å². The molecule has 0 bridgehead atoms. The average Bonchev–Trinajstić information content (AvgIpc) is 2.18. The van der Waals surface area contributed by atoms with E-state index in [1.807, 2.05) is 0 Å². The Hall–Kier alpha value is -0.960. The van der Waals surface area contributed by atoms with Crippen molar-refractivity contribution in [2.45, 2.75) is 9.79 Å².